The summed E-state index contributed by atoms with van der Waals surface area (Å²) in [5, 5.41) is 6.01. The highest BCUT2D eigenvalue weighted by atomic mass is 16.5. The van der Waals surface area contributed by atoms with Crippen LogP contribution in [-0.2, 0) is 9.53 Å². The maximum Gasteiger partial charge on any atom is 0.222 e. The Hall–Kier alpha value is -0.610. The van der Waals surface area contributed by atoms with E-state index in [1.165, 1.54) is 0 Å². The Bertz CT molecular complexity index is 129. The van der Waals surface area contributed by atoms with Gasteiger partial charge in [-0.25, -0.2) is 0 Å². The lowest BCUT2D eigenvalue weighted by molar-refractivity contribution is -0.121. The number of rotatable bonds is 8. The largest absolute Gasteiger partial charge is 0.384 e. The third-order valence-electron chi connectivity index (χ3n) is 1.64. The van der Waals surface area contributed by atoms with E-state index in [1.54, 1.807) is 7.11 Å². The second-order valence-electron chi connectivity index (χ2n) is 2.80. The summed E-state index contributed by atoms with van der Waals surface area (Å²) in [6.45, 7) is 5.25. The number of amides is 1. The Morgan fingerprint density at radius 2 is 2.15 bits per heavy atom. The van der Waals surface area contributed by atoms with Crippen molar-refractivity contribution in [1.29, 1.82) is 0 Å². The summed E-state index contributed by atoms with van der Waals surface area (Å²) in [5.74, 6) is 0.0679. The maximum absolute atomic E-state index is 11.0. The summed E-state index contributed by atoms with van der Waals surface area (Å²) >= 11 is 0. The Balaban J connectivity index is 3.08. The molecule has 1 amide bonds. The number of carbonyl (C=O) groups is 1. The summed E-state index contributed by atoms with van der Waals surface area (Å²) in [7, 11) is 1.60. The predicted octanol–water partition coefficient (Wildman–Crippen LogP) is 0.139. The molecule has 0 radical (unpaired) electrons. The van der Waals surface area contributed by atoms with Crippen LogP contribution in [0.2, 0.25) is 0 Å². The van der Waals surface area contributed by atoms with E-state index in [-0.39, 0.29) is 5.91 Å². The van der Waals surface area contributed by atoms with Gasteiger partial charge in [-0.2, -0.15) is 0 Å². The molecule has 0 aromatic heterocycles. The van der Waals surface area contributed by atoms with Gasteiger partial charge in [-0.15, -0.1) is 0 Å². The fourth-order valence-corrected chi connectivity index (χ4v) is 0.901. The van der Waals surface area contributed by atoms with Crippen LogP contribution in [0.15, 0.2) is 0 Å². The van der Waals surface area contributed by atoms with Crippen LogP contribution < -0.4 is 10.6 Å². The lowest BCUT2D eigenvalue weighted by Gasteiger charge is -2.04. The summed E-state index contributed by atoms with van der Waals surface area (Å²) in [5.41, 5.74) is 0. The number of hydrogen-bond donors (Lipinski definition) is 2. The average Bonchev–Trinajstić information content (AvgIpc) is 2.14. The normalized spacial score (nSPS) is 10.0. The standard InChI is InChI=1S/C9H20N2O2/c1-3-10-6-4-7-11-9(12)5-8-13-2/h10H,3-8H2,1-2H3,(H,11,12). The van der Waals surface area contributed by atoms with Gasteiger partial charge >= 0.3 is 0 Å². The number of ether oxygens (including phenoxy) is 1. The molecular formula is C9H20N2O2. The van der Waals surface area contributed by atoms with Crippen molar-refractivity contribution < 1.29 is 9.53 Å². The minimum Gasteiger partial charge on any atom is -0.384 e. The highest BCUT2D eigenvalue weighted by Crippen LogP contribution is 1.81. The predicted molar refractivity (Wildman–Crippen MR) is 52.7 cm³/mol. The van der Waals surface area contributed by atoms with Crippen molar-refractivity contribution in [2.75, 3.05) is 33.4 Å². The van der Waals surface area contributed by atoms with E-state index in [2.05, 4.69) is 17.6 Å². The zero-order valence-corrected chi connectivity index (χ0v) is 8.56. The lowest BCUT2D eigenvalue weighted by Crippen LogP contribution is -2.27. The number of hydrogen-bond acceptors (Lipinski definition) is 3. The highest BCUT2D eigenvalue weighted by molar-refractivity contribution is 5.75. The van der Waals surface area contributed by atoms with Crippen molar-refractivity contribution >= 4 is 5.91 Å². The molecule has 4 nitrogen and oxygen atoms in total. The van der Waals surface area contributed by atoms with Crippen molar-refractivity contribution in [2.45, 2.75) is 19.8 Å². The van der Waals surface area contributed by atoms with Gasteiger partial charge in [-0.1, -0.05) is 6.92 Å². The SMILES string of the molecule is CCNCCCNC(=O)CCOC. The lowest BCUT2D eigenvalue weighted by atomic mass is 10.3. The van der Waals surface area contributed by atoms with Crippen LogP contribution in [0.3, 0.4) is 0 Å². The van der Waals surface area contributed by atoms with E-state index >= 15 is 0 Å². The van der Waals surface area contributed by atoms with Gasteiger partial charge in [0.05, 0.1) is 6.61 Å². The first-order chi connectivity index (χ1) is 6.31. The topological polar surface area (TPSA) is 50.4 Å². The summed E-state index contributed by atoms with van der Waals surface area (Å²) in [6.07, 6.45) is 1.43. The highest BCUT2D eigenvalue weighted by Gasteiger charge is 1.98. The molecule has 0 aliphatic heterocycles. The van der Waals surface area contributed by atoms with Crippen LogP contribution in [-0.4, -0.2) is 39.3 Å². The molecule has 0 spiro atoms. The molecular weight excluding hydrogens is 168 g/mol. The molecule has 78 valence electrons. The molecule has 0 saturated heterocycles. The van der Waals surface area contributed by atoms with E-state index in [9.17, 15) is 4.79 Å². The fraction of sp³-hybridized carbons (Fsp3) is 0.889. The first-order valence-electron chi connectivity index (χ1n) is 4.77. The molecule has 0 heterocycles. The minimum atomic E-state index is 0.0679. The van der Waals surface area contributed by atoms with Gasteiger partial charge in [0.25, 0.3) is 0 Å². The van der Waals surface area contributed by atoms with Gasteiger partial charge in [0, 0.05) is 20.1 Å². The fourth-order valence-electron chi connectivity index (χ4n) is 0.901. The van der Waals surface area contributed by atoms with Gasteiger partial charge in [0.15, 0.2) is 0 Å². The van der Waals surface area contributed by atoms with Gasteiger partial charge < -0.3 is 15.4 Å². The molecule has 0 aromatic carbocycles. The molecule has 2 N–H and O–H groups in total. The van der Waals surface area contributed by atoms with E-state index in [0.29, 0.717) is 13.0 Å². The third-order valence-corrected chi connectivity index (χ3v) is 1.64. The second-order valence-corrected chi connectivity index (χ2v) is 2.80. The third kappa shape index (κ3) is 9.30. The van der Waals surface area contributed by atoms with Gasteiger partial charge in [-0.05, 0) is 19.5 Å². The molecule has 0 atom stereocenters. The number of methoxy groups -OCH3 is 1. The van der Waals surface area contributed by atoms with Crippen molar-refractivity contribution in [3.05, 3.63) is 0 Å². The van der Waals surface area contributed by atoms with E-state index < -0.39 is 0 Å². The van der Waals surface area contributed by atoms with E-state index in [0.717, 1.165) is 26.1 Å². The van der Waals surface area contributed by atoms with Crippen molar-refractivity contribution in [2.24, 2.45) is 0 Å². The molecule has 0 rings (SSSR count). The zero-order chi connectivity index (χ0) is 9.94. The van der Waals surface area contributed by atoms with Crippen molar-refractivity contribution in [3.63, 3.8) is 0 Å². The molecule has 4 heteroatoms. The van der Waals surface area contributed by atoms with Gasteiger partial charge in [-0.3, -0.25) is 4.79 Å². The molecule has 0 aromatic rings. The molecule has 13 heavy (non-hydrogen) atoms. The molecule has 0 unspecified atom stereocenters. The Kier molecular flexibility index (Phi) is 9.03. The quantitative estimate of drug-likeness (QED) is 0.533. The number of carbonyl (C=O) groups excluding carboxylic acids is 1. The maximum atomic E-state index is 11.0. The van der Waals surface area contributed by atoms with Crippen LogP contribution in [0, 0.1) is 0 Å². The van der Waals surface area contributed by atoms with Gasteiger partial charge in [0.2, 0.25) is 5.91 Å². The molecule has 0 bridgehead atoms. The Labute approximate surface area is 80.0 Å². The smallest absolute Gasteiger partial charge is 0.222 e. The van der Waals surface area contributed by atoms with Crippen LogP contribution in [0.5, 0.6) is 0 Å². The van der Waals surface area contributed by atoms with Crippen LogP contribution in [0.1, 0.15) is 19.8 Å². The van der Waals surface area contributed by atoms with E-state index in [1.807, 2.05) is 0 Å². The summed E-state index contributed by atoms with van der Waals surface area (Å²) in [6, 6.07) is 0. The van der Waals surface area contributed by atoms with Crippen LogP contribution in [0.25, 0.3) is 0 Å². The summed E-state index contributed by atoms with van der Waals surface area (Å²) in [4.78, 5) is 11.0. The van der Waals surface area contributed by atoms with Crippen molar-refractivity contribution in [3.8, 4) is 0 Å². The van der Waals surface area contributed by atoms with Crippen molar-refractivity contribution in [1.82, 2.24) is 10.6 Å². The molecule has 0 aliphatic rings. The molecule has 0 saturated carbocycles. The first-order valence-corrected chi connectivity index (χ1v) is 4.77. The van der Waals surface area contributed by atoms with Crippen LogP contribution >= 0.6 is 0 Å². The first kappa shape index (κ1) is 12.4. The zero-order valence-electron chi connectivity index (χ0n) is 8.56. The number of nitrogens with one attached hydrogen (secondary N) is 2. The average molecular weight is 188 g/mol. The molecule has 0 fully saturated rings. The molecule has 0 aliphatic carbocycles. The summed E-state index contributed by atoms with van der Waals surface area (Å²) < 4.78 is 4.78. The monoisotopic (exact) mass is 188 g/mol. The Morgan fingerprint density at radius 3 is 2.77 bits per heavy atom. The van der Waals surface area contributed by atoms with E-state index in [4.69, 9.17) is 4.74 Å². The Morgan fingerprint density at radius 1 is 1.38 bits per heavy atom. The van der Waals surface area contributed by atoms with Crippen LogP contribution in [0.4, 0.5) is 0 Å². The second kappa shape index (κ2) is 9.48. The van der Waals surface area contributed by atoms with Gasteiger partial charge in [0.1, 0.15) is 0 Å². The minimum absolute atomic E-state index is 0.0679.